The van der Waals surface area contributed by atoms with Gasteiger partial charge in [-0.1, -0.05) is 0 Å². The number of aromatic carboxylic acids is 1. The molecule has 2 heterocycles. The van der Waals surface area contributed by atoms with Gasteiger partial charge in [-0.3, -0.25) is 0 Å². The molecule has 16 heavy (non-hydrogen) atoms. The Morgan fingerprint density at radius 2 is 2.50 bits per heavy atom. The monoisotopic (exact) mass is 242 g/mol. The lowest BCUT2D eigenvalue weighted by atomic mass is 10.3. The van der Waals surface area contributed by atoms with Gasteiger partial charge in [-0.05, 0) is 14.1 Å². The van der Waals surface area contributed by atoms with E-state index in [9.17, 15) is 4.79 Å². The first-order chi connectivity index (χ1) is 7.58. The van der Waals surface area contributed by atoms with Gasteiger partial charge >= 0.3 is 5.97 Å². The minimum Gasteiger partial charge on any atom is -0.475 e. The number of nitrogens with one attached hydrogen (secondary N) is 1. The highest BCUT2D eigenvalue weighted by Crippen LogP contribution is 2.38. The van der Waals surface area contributed by atoms with E-state index in [-0.39, 0.29) is 5.76 Å². The Morgan fingerprint density at radius 3 is 3.12 bits per heavy atom. The SMILES string of the molecule is CN(C)CC1CNc2c(coc2C(=O)O)S1. The molecular weight excluding hydrogens is 228 g/mol. The molecule has 0 radical (unpaired) electrons. The van der Waals surface area contributed by atoms with Gasteiger partial charge in [0.1, 0.15) is 12.0 Å². The van der Waals surface area contributed by atoms with Crippen LogP contribution in [0.2, 0.25) is 0 Å². The molecule has 1 aliphatic heterocycles. The number of furan rings is 1. The van der Waals surface area contributed by atoms with Crippen LogP contribution in [-0.4, -0.2) is 48.4 Å². The molecule has 0 aliphatic carbocycles. The molecule has 2 N–H and O–H groups in total. The molecule has 88 valence electrons. The summed E-state index contributed by atoms with van der Waals surface area (Å²) in [6.07, 6.45) is 1.51. The van der Waals surface area contributed by atoms with Crippen molar-refractivity contribution in [1.29, 1.82) is 0 Å². The van der Waals surface area contributed by atoms with E-state index in [1.54, 1.807) is 11.8 Å². The zero-order valence-corrected chi connectivity index (χ0v) is 10.0. The lowest BCUT2D eigenvalue weighted by Crippen LogP contribution is -2.31. The third kappa shape index (κ3) is 2.17. The first-order valence-corrected chi connectivity index (χ1v) is 5.86. The number of hydrogen-bond acceptors (Lipinski definition) is 5. The van der Waals surface area contributed by atoms with E-state index in [1.807, 2.05) is 14.1 Å². The zero-order chi connectivity index (χ0) is 11.7. The van der Waals surface area contributed by atoms with E-state index >= 15 is 0 Å². The van der Waals surface area contributed by atoms with Gasteiger partial charge in [-0.25, -0.2) is 4.79 Å². The molecule has 2 rings (SSSR count). The summed E-state index contributed by atoms with van der Waals surface area (Å²) in [5.41, 5.74) is 0.618. The van der Waals surface area contributed by atoms with Crippen LogP contribution in [0, 0.1) is 0 Å². The Labute approximate surface area is 97.8 Å². The maximum absolute atomic E-state index is 10.8. The van der Waals surface area contributed by atoms with Crippen molar-refractivity contribution in [2.75, 3.05) is 32.5 Å². The molecule has 0 amide bonds. The molecule has 0 saturated heterocycles. The number of nitrogens with zero attached hydrogens (tertiary/aromatic N) is 1. The fraction of sp³-hybridized carbons (Fsp3) is 0.500. The number of carboxylic acid groups (broad SMARTS) is 1. The summed E-state index contributed by atoms with van der Waals surface area (Å²) >= 11 is 1.66. The fourth-order valence-corrected chi connectivity index (χ4v) is 2.98. The number of carbonyl (C=O) groups is 1. The summed E-state index contributed by atoms with van der Waals surface area (Å²) in [6, 6.07) is 0. The molecule has 0 bridgehead atoms. The Balaban J connectivity index is 2.14. The van der Waals surface area contributed by atoms with Gasteiger partial charge in [0, 0.05) is 18.3 Å². The lowest BCUT2D eigenvalue weighted by Gasteiger charge is -2.25. The highest BCUT2D eigenvalue weighted by atomic mass is 32.2. The Kier molecular flexibility index (Phi) is 3.11. The third-order valence-corrected chi connectivity index (χ3v) is 3.52. The van der Waals surface area contributed by atoms with Crippen LogP contribution >= 0.6 is 11.8 Å². The molecule has 0 spiro atoms. The summed E-state index contributed by atoms with van der Waals surface area (Å²) in [4.78, 5) is 13.8. The van der Waals surface area contributed by atoms with Gasteiger partial charge in [-0.2, -0.15) is 0 Å². The van der Waals surface area contributed by atoms with E-state index in [4.69, 9.17) is 9.52 Å². The average Bonchev–Trinajstić information content (AvgIpc) is 2.59. The van der Waals surface area contributed by atoms with Crippen molar-refractivity contribution in [3.8, 4) is 0 Å². The van der Waals surface area contributed by atoms with Crippen molar-refractivity contribution in [2.24, 2.45) is 0 Å². The highest BCUT2D eigenvalue weighted by molar-refractivity contribution is 8.00. The maximum Gasteiger partial charge on any atom is 0.374 e. The molecule has 0 aromatic carbocycles. The molecule has 6 heteroatoms. The number of anilines is 1. The van der Waals surface area contributed by atoms with Gasteiger partial charge in [0.2, 0.25) is 5.76 Å². The van der Waals surface area contributed by atoms with Crippen LogP contribution < -0.4 is 5.32 Å². The van der Waals surface area contributed by atoms with Crippen LogP contribution in [0.5, 0.6) is 0 Å². The maximum atomic E-state index is 10.8. The summed E-state index contributed by atoms with van der Waals surface area (Å²) in [5.74, 6) is -1.02. The van der Waals surface area contributed by atoms with E-state index in [0.717, 1.165) is 18.0 Å². The van der Waals surface area contributed by atoms with E-state index in [0.29, 0.717) is 10.9 Å². The number of fused-ring (bicyclic) bond motifs is 1. The normalized spacial score (nSPS) is 19.3. The molecule has 1 aromatic heterocycles. The Morgan fingerprint density at radius 1 is 1.75 bits per heavy atom. The predicted molar refractivity (Wildman–Crippen MR) is 62.4 cm³/mol. The first kappa shape index (κ1) is 11.3. The second-order valence-corrected chi connectivity index (χ2v) is 5.33. The van der Waals surface area contributed by atoms with Gasteiger partial charge in [-0.15, -0.1) is 11.8 Å². The van der Waals surface area contributed by atoms with Crippen LogP contribution in [-0.2, 0) is 0 Å². The van der Waals surface area contributed by atoms with Gasteiger partial charge in [0.25, 0.3) is 0 Å². The van der Waals surface area contributed by atoms with Crippen molar-refractivity contribution in [1.82, 2.24) is 4.90 Å². The van der Waals surface area contributed by atoms with Crippen LogP contribution in [0.4, 0.5) is 5.69 Å². The molecule has 0 saturated carbocycles. The molecule has 1 aliphatic rings. The van der Waals surface area contributed by atoms with Gasteiger partial charge in [0.15, 0.2) is 0 Å². The molecule has 1 aromatic rings. The van der Waals surface area contributed by atoms with Gasteiger partial charge < -0.3 is 19.7 Å². The van der Waals surface area contributed by atoms with Crippen molar-refractivity contribution >= 4 is 23.4 Å². The smallest absolute Gasteiger partial charge is 0.374 e. The molecular formula is C10H14N2O3S. The van der Waals surface area contributed by atoms with E-state index in [2.05, 4.69) is 10.2 Å². The number of thioether (sulfide) groups is 1. The summed E-state index contributed by atoms with van der Waals surface area (Å²) in [5, 5.41) is 12.4. The topological polar surface area (TPSA) is 65.7 Å². The van der Waals surface area contributed by atoms with Crippen LogP contribution in [0.25, 0.3) is 0 Å². The van der Waals surface area contributed by atoms with Crippen LogP contribution in [0.3, 0.4) is 0 Å². The predicted octanol–water partition coefficient (Wildman–Crippen LogP) is 1.43. The molecule has 0 fully saturated rings. The third-order valence-electron chi connectivity index (χ3n) is 2.32. The van der Waals surface area contributed by atoms with E-state index < -0.39 is 5.97 Å². The number of carboxylic acids is 1. The largest absolute Gasteiger partial charge is 0.475 e. The Hall–Kier alpha value is -1.14. The lowest BCUT2D eigenvalue weighted by molar-refractivity contribution is 0.0664. The quantitative estimate of drug-likeness (QED) is 0.835. The van der Waals surface area contributed by atoms with Crippen LogP contribution in [0.15, 0.2) is 15.6 Å². The van der Waals surface area contributed by atoms with Crippen molar-refractivity contribution in [3.05, 3.63) is 12.0 Å². The van der Waals surface area contributed by atoms with Crippen LogP contribution in [0.1, 0.15) is 10.6 Å². The molecule has 1 unspecified atom stereocenters. The molecule has 1 atom stereocenters. The van der Waals surface area contributed by atoms with Crippen molar-refractivity contribution < 1.29 is 14.3 Å². The average molecular weight is 242 g/mol. The Bertz CT molecular complexity index is 403. The second-order valence-electron chi connectivity index (χ2n) is 3.99. The minimum absolute atomic E-state index is 0.00537. The minimum atomic E-state index is -1.03. The van der Waals surface area contributed by atoms with Gasteiger partial charge in [0.05, 0.1) is 4.90 Å². The fourth-order valence-electron chi connectivity index (χ4n) is 1.70. The zero-order valence-electron chi connectivity index (χ0n) is 9.19. The summed E-state index contributed by atoms with van der Waals surface area (Å²) < 4.78 is 5.04. The summed E-state index contributed by atoms with van der Waals surface area (Å²) in [7, 11) is 4.04. The van der Waals surface area contributed by atoms with Crippen molar-refractivity contribution in [3.63, 3.8) is 0 Å². The van der Waals surface area contributed by atoms with Crippen molar-refractivity contribution in [2.45, 2.75) is 10.1 Å². The highest BCUT2D eigenvalue weighted by Gasteiger charge is 2.27. The number of hydrogen-bond donors (Lipinski definition) is 2. The van der Waals surface area contributed by atoms with E-state index in [1.165, 1.54) is 6.26 Å². The number of rotatable bonds is 3. The first-order valence-electron chi connectivity index (χ1n) is 4.98. The summed E-state index contributed by atoms with van der Waals surface area (Å²) in [6.45, 7) is 1.71. The second kappa shape index (κ2) is 4.39. The standard InChI is InChI=1S/C10H14N2O3S/c1-12(2)4-6-3-11-8-7(16-6)5-15-9(8)10(13)14/h5-6,11H,3-4H2,1-2H3,(H,13,14). The molecule has 5 nitrogen and oxygen atoms in total.